The SMILES string of the molecule is CC(Nc1cc(-c2cnc(NC(=O)C3CC3CO)cn2)cnc1C#N)C(=O)N(C)CC(F)F. The van der Waals surface area contributed by atoms with Crippen LogP contribution in [0.2, 0.25) is 0 Å². The van der Waals surface area contributed by atoms with Crippen LogP contribution in [0.5, 0.6) is 0 Å². The molecule has 0 aliphatic heterocycles. The van der Waals surface area contributed by atoms with Crippen molar-refractivity contribution in [3.8, 4) is 17.3 Å². The molecule has 0 spiro atoms. The van der Waals surface area contributed by atoms with Crippen LogP contribution in [0.4, 0.5) is 20.3 Å². The Hall–Kier alpha value is -3.72. The first-order valence-electron chi connectivity index (χ1n) is 10.2. The highest BCUT2D eigenvalue weighted by Crippen LogP contribution is 2.38. The second-order valence-electron chi connectivity index (χ2n) is 7.77. The summed E-state index contributed by atoms with van der Waals surface area (Å²) in [5.41, 5.74) is 1.16. The number of pyridine rings is 1. The van der Waals surface area contributed by atoms with Crippen LogP contribution in [0.3, 0.4) is 0 Å². The van der Waals surface area contributed by atoms with Crippen LogP contribution in [0, 0.1) is 23.2 Å². The Morgan fingerprint density at radius 3 is 2.64 bits per heavy atom. The second kappa shape index (κ2) is 10.3. The Balaban J connectivity index is 1.71. The van der Waals surface area contributed by atoms with Gasteiger partial charge in [0.2, 0.25) is 11.8 Å². The van der Waals surface area contributed by atoms with E-state index in [0.717, 1.165) is 4.90 Å². The molecule has 0 saturated heterocycles. The first-order chi connectivity index (χ1) is 15.7. The minimum atomic E-state index is -2.66. The summed E-state index contributed by atoms with van der Waals surface area (Å²) in [5.74, 6) is -0.773. The van der Waals surface area contributed by atoms with Crippen molar-refractivity contribution >= 4 is 23.3 Å². The number of aliphatic hydroxyl groups is 1. The number of hydrogen-bond acceptors (Lipinski definition) is 8. The molecule has 2 aromatic heterocycles. The van der Waals surface area contributed by atoms with Crippen molar-refractivity contribution in [3.05, 3.63) is 30.4 Å². The van der Waals surface area contributed by atoms with E-state index in [9.17, 15) is 23.6 Å². The van der Waals surface area contributed by atoms with Crippen molar-refractivity contribution in [2.45, 2.75) is 25.8 Å². The minimum absolute atomic E-state index is 0.0164. The van der Waals surface area contributed by atoms with E-state index in [2.05, 4.69) is 25.6 Å². The smallest absolute Gasteiger partial charge is 0.255 e. The molecular weight excluding hydrogens is 436 g/mol. The zero-order valence-corrected chi connectivity index (χ0v) is 18.0. The quantitative estimate of drug-likeness (QED) is 0.512. The maximum absolute atomic E-state index is 12.6. The van der Waals surface area contributed by atoms with Gasteiger partial charge in [-0.15, -0.1) is 0 Å². The molecule has 3 unspecified atom stereocenters. The predicted molar refractivity (Wildman–Crippen MR) is 114 cm³/mol. The molecule has 3 rings (SSSR count). The Bertz CT molecular complexity index is 1060. The van der Waals surface area contributed by atoms with Gasteiger partial charge >= 0.3 is 0 Å². The number of nitriles is 1. The van der Waals surface area contributed by atoms with Crippen LogP contribution >= 0.6 is 0 Å². The molecule has 1 fully saturated rings. The van der Waals surface area contributed by atoms with Gasteiger partial charge in [-0.1, -0.05) is 0 Å². The van der Waals surface area contributed by atoms with Crippen LogP contribution in [0.1, 0.15) is 19.0 Å². The molecule has 2 heterocycles. The van der Waals surface area contributed by atoms with E-state index in [-0.39, 0.29) is 41.5 Å². The van der Waals surface area contributed by atoms with Crippen LogP contribution < -0.4 is 10.6 Å². The third-order valence-electron chi connectivity index (χ3n) is 5.22. The van der Waals surface area contributed by atoms with Gasteiger partial charge in [0.15, 0.2) is 11.5 Å². The fraction of sp³-hybridized carbons (Fsp3) is 0.429. The summed E-state index contributed by atoms with van der Waals surface area (Å²) >= 11 is 0. The van der Waals surface area contributed by atoms with Crippen LogP contribution in [0.25, 0.3) is 11.3 Å². The Labute approximate surface area is 188 Å². The number of halogens is 2. The number of aromatic nitrogens is 3. The molecule has 174 valence electrons. The maximum atomic E-state index is 12.6. The van der Waals surface area contributed by atoms with Crippen molar-refractivity contribution < 1.29 is 23.5 Å². The summed E-state index contributed by atoms with van der Waals surface area (Å²) in [6, 6.07) is 2.59. The second-order valence-corrected chi connectivity index (χ2v) is 7.77. The molecule has 1 aliphatic rings. The average molecular weight is 459 g/mol. The number of amides is 2. The van der Waals surface area contributed by atoms with Gasteiger partial charge in [0.25, 0.3) is 6.43 Å². The topological polar surface area (TPSA) is 144 Å². The molecule has 0 aromatic carbocycles. The van der Waals surface area contributed by atoms with E-state index in [1.54, 1.807) is 6.07 Å². The van der Waals surface area contributed by atoms with Gasteiger partial charge < -0.3 is 20.6 Å². The first kappa shape index (κ1) is 23.9. The minimum Gasteiger partial charge on any atom is -0.396 e. The van der Waals surface area contributed by atoms with E-state index in [0.29, 0.717) is 17.7 Å². The lowest BCUT2D eigenvalue weighted by molar-refractivity contribution is -0.132. The molecule has 2 amide bonds. The molecule has 10 nitrogen and oxygen atoms in total. The number of hydrogen-bond donors (Lipinski definition) is 3. The number of rotatable bonds is 9. The number of aliphatic hydroxyl groups excluding tert-OH is 1. The van der Waals surface area contributed by atoms with Gasteiger partial charge in [0.05, 0.1) is 30.3 Å². The predicted octanol–water partition coefficient (Wildman–Crippen LogP) is 1.50. The van der Waals surface area contributed by atoms with E-state index in [1.807, 2.05) is 6.07 Å². The van der Waals surface area contributed by atoms with E-state index >= 15 is 0 Å². The molecule has 0 bridgehead atoms. The molecule has 3 N–H and O–H groups in total. The molecule has 1 aliphatic carbocycles. The van der Waals surface area contributed by atoms with Gasteiger partial charge in [-0.2, -0.15) is 5.26 Å². The van der Waals surface area contributed by atoms with Crippen molar-refractivity contribution in [2.75, 3.05) is 30.8 Å². The molecule has 3 atom stereocenters. The standard InChI is InChI=1S/C21H23F2N7O3/c1-11(21(33)30(2)9-18(22)23)28-15-4-12(6-25-16(15)5-24)17-7-27-19(8-26-17)29-20(32)14-3-13(14)10-31/h4,6-8,11,13-14,18,28,31H,3,9-10H2,1-2H3,(H,27,29,32). The molecular formula is C21H23F2N7O3. The monoisotopic (exact) mass is 459 g/mol. The zero-order valence-electron chi connectivity index (χ0n) is 18.0. The van der Waals surface area contributed by atoms with Crippen LogP contribution in [-0.2, 0) is 9.59 Å². The Morgan fingerprint density at radius 1 is 1.30 bits per heavy atom. The first-order valence-corrected chi connectivity index (χ1v) is 10.2. The van der Waals surface area contributed by atoms with E-state index in [4.69, 9.17) is 5.11 Å². The number of alkyl halides is 2. The van der Waals surface area contributed by atoms with Crippen LogP contribution in [0.15, 0.2) is 24.7 Å². The molecule has 0 radical (unpaired) electrons. The normalized spacial score (nSPS) is 17.7. The summed E-state index contributed by atoms with van der Waals surface area (Å²) in [4.78, 5) is 37.8. The number of carbonyl (C=O) groups is 2. The van der Waals surface area contributed by atoms with E-state index in [1.165, 1.54) is 32.6 Å². The molecule has 33 heavy (non-hydrogen) atoms. The third-order valence-corrected chi connectivity index (χ3v) is 5.22. The summed E-state index contributed by atoms with van der Waals surface area (Å²) in [5, 5.41) is 23.9. The lowest BCUT2D eigenvalue weighted by Crippen LogP contribution is -2.41. The fourth-order valence-electron chi connectivity index (χ4n) is 3.26. The van der Waals surface area contributed by atoms with Crippen molar-refractivity contribution in [2.24, 2.45) is 11.8 Å². The highest BCUT2D eigenvalue weighted by Gasteiger charge is 2.42. The average Bonchev–Trinajstić information content (AvgIpc) is 3.59. The highest BCUT2D eigenvalue weighted by molar-refractivity contribution is 5.93. The van der Waals surface area contributed by atoms with Crippen molar-refractivity contribution in [1.29, 1.82) is 5.26 Å². The summed E-state index contributed by atoms with van der Waals surface area (Å²) < 4.78 is 25.1. The van der Waals surface area contributed by atoms with Gasteiger partial charge in [-0.3, -0.25) is 14.6 Å². The summed E-state index contributed by atoms with van der Waals surface area (Å²) in [6.45, 7) is 0.766. The van der Waals surface area contributed by atoms with Crippen molar-refractivity contribution in [3.63, 3.8) is 0 Å². The largest absolute Gasteiger partial charge is 0.396 e. The zero-order chi connectivity index (χ0) is 24.1. The molecule has 2 aromatic rings. The van der Waals surface area contributed by atoms with Gasteiger partial charge in [0, 0.05) is 31.3 Å². The maximum Gasteiger partial charge on any atom is 0.255 e. The number of nitrogens with one attached hydrogen (secondary N) is 2. The summed E-state index contributed by atoms with van der Waals surface area (Å²) in [7, 11) is 1.27. The lowest BCUT2D eigenvalue weighted by Gasteiger charge is -2.22. The van der Waals surface area contributed by atoms with Crippen molar-refractivity contribution in [1.82, 2.24) is 19.9 Å². The summed E-state index contributed by atoms with van der Waals surface area (Å²) in [6.07, 6.45) is 2.19. The number of likely N-dealkylation sites (N-methyl/N-ethyl adjacent to an activating group) is 1. The lowest BCUT2D eigenvalue weighted by atomic mass is 10.1. The fourth-order valence-corrected chi connectivity index (χ4v) is 3.26. The number of anilines is 2. The Morgan fingerprint density at radius 2 is 2.06 bits per heavy atom. The highest BCUT2D eigenvalue weighted by atomic mass is 19.3. The van der Waals surface area contributed by atoms with Gasteiger partial charge in [-0.05, 0) is 25.3 Å². The van der Waals surface area contributed by atoms with Gasteiger partial charge in [-0.25, -0.2) is 18.7 Å². The van der Waals surface area contributed by atoms with Gasteiger partial charge in [0.1, 0.15) is 12.1 Å². The number of carbonyl (C=O) groups excluding carboxylic acids is 2. The molecule has 12 heteroatoms. The van der Waals surface area contributed by atoms with E-state index < -0.39 is 24.9 Å². The Kier molecular flexibility index (Phi) is 7.44. The molecule has 1 saturated carbocycles. The third kappa shape index (κ3) is 5.95. The number of nitrogens with zero attached hydrogens (tertiary/aromatic N) is 5. The van der Waals surface area contributed by atoms with Crippen LogP contribution in [-0.4, -0.2) is 69.4 Å².